The Morgan fingerprint density at radius 3 is 2.64 bits per heavy atom. The second-order valence-electron chi connectivity index (χ2n) is 3.93. The fourth-order valence-corrected chi connectivity index (χ4v) is 2.05. The summed E-state index contributed by atoms with van der Waals surface area (Å²) in [4.78, 5) is 13.6. The predicted octanol–water partition coefficient (Wildman–Crippen LogP) is 1.29. The Kier molecular flexibility index (Phi) is 4.26. The Labute approximate surface area is 90.6 Å². The van der Waals surface area contributed by atoms with E-state index in [1.54, 1.807) is 0 Å². The standard InChI is InChI=1S/C10H20N2OS/c1-7(14-4)5-6-12-9(3)11-8(2)10(12)13/h7-9,11H,5-6H2,1-4H3. The average Bonchev–Trinajstić information content (AvgIpc) is 2.39. The molecule has 1 aliphatic rings. The van der Waals surface area contributed by atoms with Crippen molar-refractivity contribution in [2.75, 3.05) is 12.8 Å². The molecular formula is C10H20N2OS. The number of amides is 1. The van der Waals surface area contributed by atoms with Crippen molar-refractivity contribution in [2.45, 2.75) is 44.6 Å². The van der Waals surface area contributed by atoms with Crippen LogP contribution in [0.1, 0.15) is 27.2 Å². The molecule has 1 aliphatic heterocycles. The van der Waals surface area contributed by atoms with Gasteiger partial charge in [-0.15, -0.1) is 0 Å². The lowest BCUT2D eigenvalue weighted by atomic mass is 10.3. The largest absolute Gasteiger partial charge is 0.326 e. The molecule has 1 heterocycles. The summed E-state index contributed by atoms with van der Waals surface area (Å²) in [6.45, 7) is 7.05. The highest BCUT2D eigenvalue weighted by atomic mass is 32.2. The minimum atomic E-state index is -0.00501. The number of rotatable bonds is 4. The number of nitrogens with one attached hydrogen (secondary N) is 1. The number of hydrogen-bond donors (Lipinski definition) is 1. The van der Waals surface area contributed by atoms with Gasteiger partial charge in [0.05, 0.1) is 12.2 Å². The Bertz CT molecular complexity index is 210. The van der Waals surface area contributed by atoms with Crippen LogP contribution in [0, 0.1) is 0 Å². The summed E-state index contributed by atoms with van der Waals surface area (Å²) in [5, 5.41) is 3.86. The van der Waals surface area contributed by atoms with Crippen molar-refractivity contribution < 1.29 is 4.79 Å². The highest BCUT2D eigenvalue weighted by Gasteiger charge is 2.32. The first-order chi connectivity index (χ1) is 6.56. The lowest BCUT2D eigenvalue weighted by molar-refractivity contribution is -0.129. The highest BCUT2D eigenvalue weighted by Crippen LogP contribution is 2.15. The van der Waals surface area contributed by atoms with Crippen molar-refractivity contribution in [2.24, 2.45) is 0 Å². The summed E-state index contributed by atoms with van der Waals surface area (Å²) >= 11 is 1.85. The number of carbonyl (C=O) groups excluding carboxylic acids is 1. The Balaban J connectivity index is 2.40. The van der Waals surface area contributed by atoms with Crippen LogP contribution in [-0.2, 0) is 4.79 Å². The van der Waals surface area contributed by atoms with Crippen LogP contribution in [0.3, 0.4) is 0 Å². The lowest BCUT2D eigenvalue weighted by Gasteiger charge is -2.22. The molecule has 4 heteroatoms. The molecule has 14 heavy (non-hydrogen) atoms. The molecule has 1 amide bonds. The quantitative estimate of drug-likeness (QED) is 0.768. The molecule has 0 saturated carbocycles. The van der Waals surface area contributed by atoms with Gasteiger partial charge in [0.25, 0.3) is 0 Å². The van der Waals surface area contributed by atoms with Crippen LogP contribution in [0.2, 0.25) is 0 Å². The van der Waals surface area contributed by atoms with Crippen LogP contribution >= 0.6 is 11.8 Å². The van der Waals surface area contributed by atoms with Gasteiger partial charge in [-0.1, -0.05) is 6.92 Å². The first kappa shape index (κ1) is 11.9. The predicted molar refractivity (Wildman–Crippen MR) is 61.4 cm³/mol. The van der Waals surface area contributed by atoms with Gasteiger partial charge in [0.1, 0.15) is 0 Å². The van der Waals surface area contributed by atoms with Crippen LogP contribution in [0.5, 0.6) is 0 Å². The minimum absolute atomic E-state index is 0.00501. The average molecular weight is 216 g/mol. The maximum Gasteiger partial charge on any atom is 0.240 e. The van der Waals surface area contributed by atoms with Crippen LogP contribution in [-0.4, -0.2) is 41.1 Å². The Morgan fingerprint density at radius 1 is 1.57 bits per heavy atom. The van der Waals surface area contributed by atoms with Crippen molar-refractivity contribution in [3.05, 3.63) is 0 Å². The zero-order valence-electron chi connectivity index (χ0n) is 9.41. The van der Waals surface area contributed by atoms with Crippen molar-refractivity contribution >= 4 is 17.7 Å². The molecule has 0 aliphatic carbocycles. The number of thioether (sulfide) groups is 1. The molecule has 82 valence electrons. The van der Waals surface area contributed by atoms with Crippen LogP contribution in [0.4, 0.5) is 0 Å². The van der Waals surface area contributed by atoms with Crippen molar-refractivity contribution in [3.8, 4) is 0 Å². The smallest absolute Gasteiger partial charge is 0.240 e. The second kappa shape index (κ2) is 5.03. The van der Waals surface area contributed by atoms with Gasteiger partial charge >= 0.3 is 0 Å². The molecule has 0 spiro atoms. The second-order valence-corrected chi connectivity index (χ2v) is 5.21. The molecule has 0 aromatic rings. The molecule has 1 fully saturated rings. The summed E-state index contributed by atoms with van der Waals surface area (Å²) < 4.78 is 0. The van der Waals surface area contributed by atoms with E-state index in [1.165, 1.54) is 0 Å². The van der Waals surface area contributed by atoms with Crippen LogP contribution < -0.4 is 5.32 Å². The van der Waals surface area contributed by atoms with Gasteiger partial charge in [0, 0.05) is 11.8 Å². The van der Waals surface area contributed by atoms with Crippen molar-refractivity contribution in [3.63, 3.8) is 0 Å². The van der Waals surface area contributed by atoms with E-state index in [0.717, 1.165) is 13.0 Å². The van der Waals surface area contributed by atoms with Crippen LogP contribution in [0.15, 0.2) is 0 Å². The first-order valence-electron chi connectivity index (χ1n) is 5.15. The van der Waals surface area contributed by atoms with E-state index in [9.17, 15) is 4.79 Å². The summed E-state index contributed by atoms with van der Waals surface area (Å²) in [6.07, 6.45) is 3.39. The van der Waals surface area contributed by atoms with E-state index < -0.39 is 0 Å². The van der Waals surface area contributed by atoms with Gasteiger partial charge in [0.15, 0.2) is 0 Å². The number of hydrogen-bond acceptors (Lipinski definition) is 3. The van der Waals surface area contributed by atoms with Gasteiger partial charge < -0.3 is 4.90 Å². The van der Waals surface area contributed by atoms with Gasteiger partial charge in [0.2, 0.25) is 5.91 Å². The van der Waals surface area contributed by atoms with Crippen molar-refractivity contribution in [1.82, 2.24) is 10.2 Å². The zero-order chi connectivity index (χ0) is 10.7. The van der Waals surface area contributed by atoms with Gasteiger partial charge in [-0.2, -0.15) is 11.8 Å². The van der Waals surface area contributed by atoms with E-state index in [0.29, 0.717) is 5.25 Å². The summed E-state index contributed by atoms with van der Waals surface area (Å²) in [5.41, 5.74) is 0. The fourth-order valence-electron chi connectivity index (χ4n) is 1.71. The summed E-state index contributed by atoms with van der Waals surface area (Å²) in [5.74, 6) is 0.241. The van der Waals surface area contributed by atoms with Crippen molar-refractivity contribution in [1.29, 1.82) is 0 Å². The molecule has 3 unspecified atom stereocenters. The van der Waals surface area contributed by atoms with Gasteiger partial charge in [-0.25, -0.2) is 0 Å². The molecule has 3 atom stereocenters. The van der Waals surface area contributed by atoms with Gasteiger partial charge in [-0.3, -0.25) is 10.1 Å². The normalized spacial score (nSPS) is 29.7. The molecule has 1 rings (SSSR count). The van der Waals surface area contributed by atoms with E-state index in [1.807, 2.05) is 30.5 Å². The Morgan fingerprint density at radius 2 is 2.21 bits per heavy atom. The maximum absolute atomic E-state index is 11.7. The summed E-state index contributed by atoms with van der Waals surface area (Å²) in [6, 6.07) is -0.00501. The Hall–Kier alpha value is -0.220. The third-order valence-electron chi connectivity index (χ3n) is 2.79. The summed E-state index contributed by atoms with van der Waals surface area (Å²) in [7, 11) is 0. The molecular weight excluding hydrogens is 196 g/mol. The van der Waals surface area contributed by atoms with E-state index in [2.05, 4.69) is 18.5 Å². The third-order valence-corrected chi connectivity index (χ3v) is 3.83. The van der Waals surface area contributed by atoms with Crippen LogP contribution in [0.25, 0.3) is 0 Å². The molecule has 1 N–H and O–H groups in total. The molecule has 0 radical (unpaired) electrons. The number of nitrogens with zero attached hydrogens (tertiary/aromatic N) is 1. The molecule has 0 aromatic heterocycles. The lowest BCUT2D eigenvalue weighted by Crippen LogP contribution is -2.36. The zero-order valence-corrected chi connectivity index (χ0v) is 10.2. The minimum Gasteiger partial charge on any atom is -0.326 e. The monoisotopic (exact) mass is 216 g/mol. The molecule has 1 saturated heterocycles. The molecule has 0 bridgehead atoms. The maximum atomic E-state index is 11.7. The van der Waals surface area contributed by atoms with E-state index in [-0.39, 0.29) is 18.1 Å². The number of carbonyl (C=O) groups is 1. The first-order valence-corrected chi connectivity index (χ1v) is 6.44. The van der Waals surface area contributed by atoms with Gasteiger partial charge in [-0.05, 0) is 26.5 Å². The van der Waals surface area contributed by atoms with E-state index >= 15 is 0 Å². The highest BCUT2D eigenvalue weighted by molar-refractivity contribution is 7.99. The SMILES string of the molecule is CSC(C)CCN1C(=O)C(C)NC1C. The fraction of sp³-hybridized carbons (Fsp3) is 0.900. The third kappa shape index (κ3) is 2.64. The van der Waals surface area contributed by atoms with E-state index in [4.69, 9.17) is 0 Å². The molecule has 3 nitrogen and oxygen atoms in total. The topological polar surface area (TPSA) is 32.3 Å². The molecule has 0 aromatic carbocycles.